The molecule has 0 saturated carbocycles. The minimum absolute atomic E-state index is 0.0602. The zero-order valence-electron chi connectivity index (χ0n) is 4.62. The highest BCUT2D eigenvalue weighted by molar-refractivity contribution is 7.80. The average molecular weight is 161 g/mol. The lowest BCUT2D eigenvalue weighted by atomic mass is 10.6. The molecule has 1 heterocycles. The van der Waals surface area contributed by atoms with Crippen LogP contribution < -0.4 is 5.56 Å². The number of aromatic nitrogens is 2. The van der Waals surface area contributed by atoms with Gasteiger partial charge in [-0.15, -0.1) is 12.6 Å². The number of rotatable bonds is 1. The van der Waals surface area contributed by atoms with Gasteiger partial charge in [-0.1, -0.05) is 0 Å². The van der Waals surface area contributed by atoms with Crippen molar-refractivity contribution < 1.29 is 4.92 Å². The van der Waals surface area contributed by atoms with E-state index < -0.39 is 16.2 Å². The van der Waals surface area contributed by atoms with E-state index in [-0.39, 0.29) is 5.03 Å². The Morgan fingerprint density at radius 3 is 2.30 bits per heavy atom. The Balaban J connectivity index is 3.37. The molecular formula is C3H3N3O3S. The zero-order chi connectivity index (χ0) is 7.72. The Labute approximate surface area is 59.8 Å². The van der Waals surface area contributed by atoms with Crippen molar-refractivity contribution in [2.45, 2.75) is 5.03 Å². The van der Waals surface area contributed by atoms with E-state index in [9.17, 15) is 14.9 Å². The highest BCUT2D eigenvalue weighted by Crippen LogP contribution is 2.11. The molecule has 0 aliphatic rings. The van der Waals surface area contributed by atoms with Gasteiger partial charge in [0.1, 0.15) is 0 Å². The van der Waals surface area contributed by atoms with Crippen molar-refractivity contribution in [3.63, 3.8) is 0 Å². The maximum Gasteiger partial charge on any atom is 0.366 e. The molecule has 0 saturated heterocycles. The lowest BCUT2D eigenvalue weighted by Gasteiger charge is -1.80. The normalized spacial score (nSPS) is 9.70. The van der Waals surface area contributed by atoms with Gasteiger partial charge in [0.2, 0.25) is 0 Å². The summed E-state index contributed by atoms with van der Waals surface area (Å²) in [5.74, 6) is 0. The number of H-pyrrole nitrogens is 2. The number of aromatic amines is 2. The quantitative estimate of drug-likeness (QED) is 0.305. The molecular weight excluding hydrogens is 158 g/mol. The van der Waals surface area contributed by atoms with Gasteiger partial charge in [0, 0.05) is 0 Å². The predicted molar refractivity (Wildman–Crippen MR) is 35.3 cm³/mol. The SMILES string of the molecule is O=c1[nH][nH]c(S)c1[N+](=O)[O-]. The van der Waals surface area contributed by atoms with Crippen molar-refractivity contribution in [3.05, 3.63) is 20.5 Å². The van der Waals surface area contributed by atoms with Gasteiger partial charge in [0.25, 0.3) is 0 Å². The predicted octanol–water partition coefficient (Wildman–Crippen LogP) is -0.100. The van der Waals surface area contributed by atoms with E-state index in [4.69, 9.17) is 0 Å². The van der Waals surface area contributed by atoms with Crippen molar-refractivity contribution in [2.24, 2.45) is 0 Å². The summed E-state index contributed by atoms with van der Waals surface area (Å²) in [5, 5.41) is 14.2. The van der Waals surface area contributed by atoms with Crippen molar-refractivity contribution >= 4 is 18.3 Å². The van der Waals surface area contributed by atoms with Gasteiger partial charge in [-0.3, -0.25) is 25.1 Å². The second kappa shape index (κ2) is 2.18. The number of hydrogen-bond acceptors (Lipinski definition) is 4. The molecule has 1 aromatic rings. The van der Waals surface area contributed by atoms with Gasteiger partial charge >= 0.3 is 11.2 Å². The highest BCUT2D eigenvalue weighted by Gasteiger charge is 2.17. The fourth-order valence-electron chi connectivity index (χ4n) is 0.511. The summed E-state index contributed by atoms with van der Waals surface area (Å²) in [6, 6.07) is 0. The molecule has 0 radical (unpaired) electrons. The molecule has 54 valence electrons. The molecule has 0 aliphatic carbocycles. The summed E-state index contributed by atoms with van der Waals surface area (Å²) in [5.41, 5.74) is -1.32. The Bertz CT molecular complexity index is 313. The fourth-order valence-corrected chi connectivity index (χ4v) is 0.750. The Kier molecular flexibility index (Phi) is 1.50. The van der Waals surface area contributed by atoms with E-state index in [0.717, 1.165) is 0 Å². The van der Waals surface area contributed by atoms with Crippen LogP contribution in [0.15, 0.2) is 9.82 Å². The lowest BCUT2D eigenvalue weighted by molar-refractivity contribution is -0.388. The molecule has 0 atom stereocenters. The first-order valence-corrected chi connectivity index (χ1v) is 2.71. The Morgan fingerprint density at radius 2 is 2.10 bits per heavy atom. The van der Waals surface area contributed by atoms with Crippen molar-refractivity contribution in [1.29, 1.82) is 0 Å². The van der Waals surface area contributed by atoms with E-state index >= 15 is 0 Å². The molecule has 7 heteroatoms. The average Bonchev–Trinajstić information content (AvgIpc) is 2.11. The van der Waals surface area contributed by atoms with Crippen LogP contribution in [0.1, 0.15) is 0 Å². The molecule has 0 aromatic carbocycles. The molecule has 1 aromatic heterocycles. The Hall–Kier alpha value is -1.24. The van der Waals surface area contributed by atoms with Gasteiger partial charge in [0.05, 0.1) is 4.92 Å². The topological polar surface area (TPSA) is 91.8 Å². The number of nitrogens with zero attached hydrogens (tertiary/aromatic N) is 1. The van der Waals surface area contributed by atoms with Crippen molar-refractivity contribution in [2.75, 3.05) is 0 Å². The summed E-state index contributed by atoms with van der Waals surface area (Å²) in [7, 11) is 0. The molecule has 2 N–H and O–H groups in total. The summed E-state index contributed by atoms with van der Waals surface area (Å²) >= 11 is 3.63. The van der Waals surface area contributed by atoms with Crippen LogP contribution in [0.5, 0.6) is 0 Å². The first-order chi connectivity index (χ1) is 4.63. The van der Waals surface area contributed by atoms with Crippen LogP contribution in [0.4, 0.5) is 5.69 Å². The maximum absolute atomic E-state index is 10.5. The van der Waals surface area contributed by atoms with E-state index in [0.29, 0.717) is 0 Å². The van der Waals surface area contributed by atoms with Crippen molar-refractivity contribution in [3.8, 4) is 0 Å². The van der Waals surface area contributed by atoms with E-state index in [2.05, 4.69) is 17.7 Å². The maximum atomic E-state index is 10.5. The van der Waals surface area contributed by atoms with E-state index in [1.54, 1.807) is 0 Å². The summed E-state index contributed by atoms with van der Waals surface area (Å²) in [6.45, 7) is 0. The van der Waals surface area contributed by atoms with Gasteiger partial charge in [-0.05, 0) is 0 Å². The third-order valence-corrected chi connectivity index (χ3v) is 1.24. The molecule has 0 bridgehead atoms. The van der Waals surface area contributed by atoms with E-state index in [1.165, 1.54) is 0 Å². The Morgan fingerprint density at radius 1 is 1.50 bits per heavy atom. The number of hydrogen-bond donors (Lipinski definition) is 3. The number of nitro groups is 1. The van der Waals surface area contributed by atoms with Crippen LogP contribution in [0.25, 0.3) is 0 Å². The third-order valence-electron chi connectivity index (χ3n) is 0.916. The lowest BCUT2D eigenvalue weighted by Crippen LogP contribution is -2.04. The summed E-state index contributed by atoms with van der Waals surface area (Å²) in [6.07, 6.45) is 0. The molecule has 10 heavy (non-hydrogen) atoms. The number of nitrogens with one attached hydrogen (secondary N) is 2. The molecule has 0 fully saturated rings. The molecule has 0 aliphatic heterocycles. The minimum atomic E-state index is -0.794. The van der Waals surface area contributed by atoms with Crippen molar-refractivity contribution in [1.82, 2.24) is 10.2 Å². The molecule has 0 amide bonds. The smallest absolute Gasteiger partial charge is 0.286 e. The minimum Gasteiger partial charge on any atom is -0.286 e. The van der Waals surface area contributed by atoms with E-state index in [1.807, 2.05) is 5.10 Å². The first kappa shape index (κ1) is 6.87. The van der Waals surface area contributed by atoms with Gasteiger partial charge in [-0.25, -0.2) is 0 Å². The fraction of sp³-hybridized carbons (Fsp3) is 0. The van der Waals surface area contributed by atoms with Crippen LogP contribution in [-0.4, -0.2) is 15.1 Å². The van der Waals surface area contributed by atoms with Crippen LogP contribution in [0.2, 0.25) is 0 Å². The van der Waals surface area contributed by atoms with Gasteiger partial charge in [-0.2, -0.15) is 0 Å². The molecule has 0 unspecified atom stereocenters. The standard InChI is InChI=1S/C3H3N3O3S/c7-2-1(6(8)9)3(10)5-4-2/h(H3,4,5,7,10). The monoisotopic (exact) mass is 161 g/mol. The van der Waals surface area contributed by atoms with Crippen LogP contribution in [0, 0.1) is 10.1 Å². The summed E-state index contributed by atoms with van der Waals surface area (Å²) in [4.78, 5) is 19.7. The van der Waals surface area contributed by atoms with Gasteiger partial charge < -0.3 is 0 Å². The van der Waals surface area contributed by atoms with Crippen LogP contribution in [0.3, 0.4) is 0 Å². The highest BCUT2D eigenvalue weighted by atomic mass is 32.1. The second-order valence-corrected chi connectivity index (χ2v) is 1.98. The molecule has 0 spiro atoms. The number of thiol groups is 1. The summed E-state index contributed by atoms with van der Waals surface area (Å²) < 4.78 is 0. The first-order valence-electron chi connectivity index (χ1n) is 2.27. The third kappa shape index (κ3) is 0.903. The molecule has 1 rings (SSSR count). The zero-order valence-corrected chi connectivity index (χ0v) is 5.51. The van der Waals surface area contributed by atoms with Crippen LogP contribution >= 0.6 is 12.6 Å². The van der Waals surface area contributed by atoms with Gasteiger partial charge in [0.15, 0.2) is 5.03 Å². The second-order valence-electron chi connectivity index (χ2n) is 1.53. The largest absolute Gasteiger partial charge is 0.366 e. The van der Waals surface area contributed by atoms with Crippen LogP contribution in [-0.2, 0) is 0 Å². The molecule has 6 nitrogen and oxygen atoms in total.